The first kappa shape index (κ1) is 11.1. The molecule has 0 N–H and O–H groups in total. The first-order chi connectivity index (χ1) is 4.79. The van der Waals surface area contributed by atoms with E-state index in [1.54, 1.807) is 0 Å². The number of benzene rings is 1. The van der Waals surface area contributed by atoms with Crippen LogP contribution in [0.1, 0.15) is 6.92 Å². The van der Waals surface area contributed by atoms with Gasteiger partial charge in [0.25, 0.3) is 0 Å². The highest BCUT2D eigenvalue weighted by Gasteiger charge is 1.93. The van der Waals surface area contributed by atoms with Gasteiger partial charge in [-0.15, -0.1) is 36.6 Å². The molecule has 0 radical (unpaired) electrons. The van der Waals surface area contributed by atoms with Gasteiger partial charge in [-0.1, -0.05) is 18.2 Å². The molecular formula is C8H11IOS. The zero-order valence-electron chi connectivity index (χ0n) is 6.23. The van der Waals surface area contributed by atoms with E-state index in [9.17, 15) is 0 Å². The third kappa shape index (κ3) is 4.53. The predicted molar refractivity (Wildman–Crippen MR) is 60.9 cm³/mol. The zero-order chi connectivity index (χ0) is 7.40. The molecule has 0 saturated heterocycles. The molecule has 0 spiro atoms. The lowest BCUT2D eigenvalue weighted by Crippen LogP contribution is -2.01. The molecule has 0 amide bonds. The van der Waals surface area contributed by atoms with Crippen molar-refractivity contribution < 1.29 is 4.74 Å². The highest BCUT2D eigenvalue weighted by atomic mass is 127. The Balaban J connectivity index is 0.000001000. The average Bonchev–Trinajstić information content (AvgIpc) is 1.88. The van der Waals surface area contributed by atoms with Crippen LogP contribution in [0.4, 0.5) is 0 Å². The van der Waals surface area contributed by atoms with Crippen molar-refractivity contribution in [3.05, 3.63) is 30.3 Å². The number of halogens is 1. The van der Waals surface area contributed by atoms with Crippen LogP contribution < -0.4 is 4.74 Å². The molecule has 0 fully saturated rings. The maximum atomic E-state index is 5.28. The van der Waals surface area contributed by atoms with Gasteiger partial charge in [-0.3, -0.25) is 0 Å². The van der Waals surface area contributed by atoms with E-state index in [-0.39, 0.29) is 29.4 Å². The second-order valence-corrected chi connectivity index (χ2v) is 2.76. The molecule has 0 aliphatic carbocycles. The van der Waals surface area contributed by atoms with Gasteiger partial charge >= 0.3 is 0 Å². The Hall–Kier alpha value is 0.100. The van der Waals surface area contributed by atoms with E-state index in [0.717, 1.165) is 5.75 Å². The molecule has 0 aliphatic rings. The topological polar surface area (TPSA) is 9.23 Å². The third-order valence-electron chi connectivity index (χ3n) is 1.05. The van der Waals surface area contributed by atoms with Crippen LogP contribution in [0.25, 0.3) is 0 Å². The molecule has 0 aromatic heterocycles. The number of hydrogen-bond acceptors (Lipinski definition) is 2. The van der Waals surface area contributed by atoms with Gasteiger partial charge in [0, 0.05) is 0 Å². The maximum Gasteiger partial charge on any atom is 0.138 e. The van der Waals surface area contributed by atoms with Gasteiger partial charge in [-0.25, -0.2) is 0 Å². The second kappa shape index (κ2) is 5.71. The van der Waals surface area contributed by atoms with Crippen LogP contribution in [0.3, 0.4) is 0 Å². The van der Waals surface area contributed by atoms with E-state index >= 15 is 0 Å². The first-order valence-corrected chi connectivity index (χ1v) is 3.70. The lowest BCUT2D eigenvalue weighted by atomic mass is 10.3. The molecule has 1 aromatic carbocycles. The summed E-state index contributed by atoms with van der Waals surface area (Å²) in [5.41, 5.74) is -0.0394. The molecule has 1 aromatic rings. The summed E-state index contributed by atoms with van der Waals surface area (Å²) >= 11 is 4.09. The van der Waals surface area contributed by atoms with Crippen molar-refractivity contribution in [2.75, 3.05) is 0 Å². The molecule has 1 unspecified atom stereocenters. The fourth-order valence-corrected chi connectivity index (χ4v) is 0.818. The van der Waals surface area contributed by atoms with Crippen LogP contribution in [-0.2, 0) is 0 Å². The zero-order valence-corrected chi connectivity index (χ0v) is 9.45. The van der Waals surface area contributed by atoms with Crippen molar-refractivity contribution in [2.45, 2.75) is 12.4 Å². The molecule has 0 heterocycles. The van der Waals surface area contributed by atoms with E-state index in [0.29, 0.717) is 0 Å². The minimum absolute atomic E-state index is 0. The van der Waals surface area contributed by atoms with E-state index in [2.05, 4.69) is 12.6 Å². The fourth-order valence-electron chi connectivity index (χ4n) is 0.696. The van der Waals surface area contributed by atoms with Crippen LogP contribution in [0.5, 0.6) is 5.75 Å². The summed E-state index contributed by atoms with van der Waals surface area (Å²) < 4.78 is 5.28. The lowest BCUT2D eigenvalue weighted by Gasteiger charge is -2.07. The predicted octanol–water partition coefficient (Wildman–Crippen LogP) is 2.96. The van der Waals surface area contributed by atoms with E-state index in [4.69, 9.17) is 4.74 Å². The molecule has 11 heavy (non-hydrogen) atoms. The lowest BCUT2D eigenvalue weighted by molar-refractivity contribution is 0.310. The summed E-state index contributed by atoms with van der Waals surface area (Å²) in [5, 5.41) is 0. The van der Waals surface area contributed by atoms with Crippen molar-refractivity contribution in [2.24, 2.45) is 0 Å². The number of thiol groups is 1. The van der Waals surface area contributed by atoms with E-state index in [1.165, 1.54) is 0 Å². The molecule has 62 valence electrons. The molecule has 0 aliphatic heterocycles. The second-order valence-electron chi connectivity index (χ2n) is 2.03. The van der Waals surface area contributed by atoms with Gasteiger partial charge in [-0.2, -0.15) is 0 Å². The number of ether oxygens (including phenoxy) is 1. The van der Waals surface area contributed by atoms with Gasteiger partial charge in [0.1, 0.15) is 11.2 Å². The Morgan fingerprint density at radius 2 is 1.82 bits per heavy atom. The Morgan fingerprint density at radius 1 is 1.27 bits per heavy atom. The first-order valence-electron chi connectivity index (χ1n) is 3.19. The van der Waals surface area contributed by atoms with Crippen LogP contribution in [0.2, 0.25) is 0 Å². The van der Waals surface area contributed by atoms with Gasteiger partial charge in [0.2, 0.25) is 0 Å². The van der Waals surface area contributed by atoms with Crippen LogP contribution >= 0.6 is 36.6 Å². The SMILES string of the molecule is CC(S)Oc1ccccc1.I. The van der Waals surface area contributed by atoms with Crippen molar-refractivity contribution in [3.8, 4) is 5.75 Å². The normalized spacial score (nSPS) is 11.5. The molecule has 3 heteroatoms. The van der Waals surface area contributed by atoms with E-state index in [1.807, 2.05) is 37.3 Å². The van der Waals surface area contributed by atoms with Gasteiger partial charge in [-0.05, 0) is 19.1 Å². The summed E-state index contributed by atoms with van der Waals surface area (Å²) in [7, 11) is 0. The van der Waals surface area contributed by atoms with Gasteiger partial charge in [0.15, 0.2) is 0 Å². The van der Waals surface area contributed by atoms with Crippen LogP contribution in [0, 0.1) is 0 Å². The summed E-state index contributed by atoms with van der Waals surface area (Å²) in [6.45, 7) is 1.89. The molecule has 1 nitrogen and oxygen atoms in total. The van der Waals surface area contributed by atoms with Crippen LogP contribution in [0.15, 0.2) is 30.3 Å². The molecule has 1 atom stereocenters. The molecule has 0 bridgehead atoms. The minimum Gasteiger partial charge on any atom is -0.480 e. The van der Waals surface area contributed by atoms with Gasteiger partial charge in [0.05, 0.1) is 0 Å². The molecule has 1 rings (SSSR count). The molecular weight excluding hydrogens is 271 g/mol. The summed E-state index contributed by atoms with van der Waals surface area (Å²) in [6.07, 6.45) is 0. The minimum atomic E-state index is -0.0394. The Bertz CT molecular complexity index is 189. The highest BCUT2D eigenvalue weighted by molar-refractivity contribution is 14.0. The van der Waals surface area contributed by atoms with Crippen molar-refractivity contribution in [1.82, 2.24) is 0 Å². The quantitative estimate of drug-likeness (QED) is 0.498. The largest absolute Gasteiger partial charge is 0.480 e. The molecule has 0 saturated carbocycles. The number of hydrogen-bond donors (Lipinski definition) is 1. The number of para-hydroxylation sites is 1. The smallest absolute Gasteiger partial charge is 0.138 e. The Labute approximate surface area is 89.6 Å². The fraction of sp³-hybridized carbons (Fsp3) is 0.250. The summed E-state index contributed by atoms with van der Waals surface area (Å²) in [5.74, 6) is 0.866. The van der Waals surface area contributed by atoms with Crippen molar-refractivity contribution in [1.29, 1.82) is 0 Å². The monoisotopic (exact) mass is 282 g/mol. The van der Waals surface area contributed by atoms with Crippen molar-refractivity contribution in [3.63, 3.8) is 0 Å². The highest BCUT2D eigenvalue weighted by Crippen LogP contribution is 2.11. The van der Waals surface area contributed by atoms with Gasteiger partial charge < -0.3 is 4.74 Å². The summed E-state index contributed by atoms with van der Waals surface area (Å²) in [6, 6.07) is 9.65. The van der Waals surface area contributed by atoms with E-state index < -0.39 is 0 Å². The Morgan fingerprint density at radius 3 is 2.27 bits per heavy atom. The third-order valence-corrected chi connectivity index (χ3v) is 1.16. The standard InChI is InChI=1S/C8H10OS.HI/c1-7(10)9-8-5-3-2-4-6-8;/h2-7,10H,1H3;1H. The number of rotatable bonds is 2. The Kier molecular flexibility index (Phi) is 5.76. The van der Waals surface area contributed by atoms with Crippen molar-refractivity contribution >= 4 is 36.6 Å². The average molecular weight is 282 g/mol. The van der Waals surface area contributed by atoms with Crippen LogP contribution in [-0.4, -0.2) is 5.44 Å². The maximum absolute atomic E-state index is 5.28. The summed E-state index contributed by atoms with van der Waals surface area (Å²) in [4.78, 5) is 0.